The van der Waals surface area contributed by atoms with E-state index in [2.05, 4.69) is 37.2 Å². The molecule has 0 unspecified atom stereocenters. The summed E-state index contributed by atoms with van der Waals surface area (Å²) >= 11 is 7.04. The number of benzene rings is 3. The molecule has 192 valence electrons. The lowest BCUT2D eigenvalue weighted by Gasteiger charge is -2.30. The Kier molecular flexibility index (Phi) is 6.99. The van der Waals surface area contributed by atoms with Crippen molar-refractivity contribution in [1.82, 2.24) is 4.90 Å². The van der Waals surface area contributed by atoms with Crippen molar-refractivity contribution in [3.63, 3.8) is 0 Å². The van der Waals surface area contributed by atoms with Gasteiger partial charge in [-0.1, -0.05) is 46.3 Å². The van der Waals surface area contributed by atoms with Gasteiger partial charge in [-0.2, -0.15) is 0 Å². The molecule has 8 nitrogen and oxygen atoms in total. The minimum Gasteiger partial charge on any atom is -0.490 e. The van der Waals surface area contributed by atoms with Crippen LogP contribution in [-0.2, 0) is 16.9 Å². The number of nitrogens with zero attached hydrogens (tertiary/aromatic N) is 2. The van der Waals surface area contributed by atoms with E-state index in [9.17, 15) is 14.9 Å². The van der Waals surface area contributed by atoms with Gasteiger partial charge in [0.2, 0.25) is 0 Å². The van der Waals surface area contributed by atoms with Crippen LogP contribution in [0.3, 0.4) is 0 Å². The summed E-state index contributed by atoms with van der Waals surface area (Å²) in [7, 11) is 1.77. The number of para-hydroxylation sites is 1. The van der Waals surface area contributed by atoms with E-state index in [1.165, 1.54) is 0 Å². The Morgan fingerprint density at radius 2 is 1.86 bits per heavy atom. The number of carbonyl (C=O) groups is 1. The number of likely N-dealkylation sites (N-methyl/N-ethyl adjacent to an activating group) is 1. The van der Waals surface area contributed by atoms with Gasteiger partial charge in [0.05, 0.1) is 17.0 Å². The molecule has 0 radical (unpaired) electrons. The summed E-state index contributed by atoms with van der Waals surface area (Å²) in [5, 5.41) is 15.5. The second-order valence-corrected chi connectivity index (χ2v) is 10.9. The molecule has 10 heteroatoms. The van der Waals surface area contributed by atoms with Crippen molar-refractivity contribution in [3.05, 3.63) is 96.4 Å². The highest BCUT2D eigenvalue weighted by molar-refractivity contribution is 9.10. The molecular formula is C27H25Br2N3O5. The minimum atomic E-state index is -1.40. The standard InChI is InChI=1S/C27H25Br2N3O5/c1-3-36-23-13-17(12-21(29)24(23)37-15-16-8-10-18(28)11-9-16)19-14-31(2)27(25(19)32(34)35)20-6-4-5-7-22(20)30-26(27)33/h4-13,19,25H,3,14-15H2,1-2H3,(H,30,33)/t19-,25+,27-/m0/s1. The van der Waals surface area contributed by atoms with E-state index < -0.39 is 17.5 Å². The van der Waals surface area contributed by atoms with Gasteiger partial charge in [-0.3, -0.25) is 19.8 Å². The molecule has 3 aromatic rings. The van der Waals surface area contributed by atoms with E-state index in [4.69, 9.17) is 9.47 Å². The molecule has 1 amide bonds. The van der Waals surface area contributed by atoms with Crippen LogP contribution in [0.5, 0.6) is 11.5 Å². The Labute approximate surface area is 231 Å². The zero-order valence-corrected chi connectivity index (χ0v) is 23.4. The lowest BCUT2D eigenvalue weighted by Crippen LogP contribution is -2.54. The Bertz CT molecular complexity index is 1370. The van der Waals surface area contributed by atoms with Crippen LogP contribution in [0, 0.1) is 10.1 Å². The maximum Gasteiger partial charge on any atom is 0.256 e. The van der Waals surface area contributed by atoms with E-state index in [-0.39, 0.29) is 10.8 Å². The number of nitro groups is 1. The normalized spacial score (nSPS) is 22.6. The molecule has 0 bridgehead atoms. The fourth-order valence-electron chi connectivity index (χ4n) is 5.52. The summed E-state index contributed by atoms with van der Waals surface area (Å²) in [6, 6.07) is 17.5. The van der Waals surface area contributed by atoms with Gasteiger partial charge in [0, 0.05) is 27.2 Å². The van der Waals surface area contributed by atoms with E-state index in [1.807, 2.05) is 43.3 Å². The molecular weight excluding hydrogens is 606 g/mol. The number of rotatable bonds is 7. The summed E-state index contributed by atoms with van der Waals surface area (Å²) in [6.07, 6.45) is 0. The summed E-state index contributed by atoms with van der Waals surface area (Å²) < 4.78 is 13.7. The number of nitrogens with one attached hydrogen (secondary N) is 1. The van der Waals surface area contributed by atoms with Crippen molar-refractivity contribution < 1.29 is 19.2 Å². The maximum absolute atomic E-state index is 13.4. The van der Waals surface area contributed by atoms with E-state index >= 15 is 0 Å². The third kappa shape index (κ3) is 4.30. The number of halogens is 2. The van der Waals surface area contributed by atoms with Gasteiger partial charge in [0.1, 0.15) is 6.61 Å². The average Bonchev–Trinajstić information content (AvgIpc) is 3.34. The fourth-order valence-corrected chi connectivity index (χ4v) is 6.36. The topological polar surface area (TPSA) is 93.9 Å². The van der Waals surface area contributed by atoms with Crippen molar-refractivity contribution in [2.45, 2.75) is 31.0 Å². The van der Waals surface area contributed by atoms with Gasteiger partial charge in [-0.05, 0) is 71.4 Å². The first-order valence-corrected chi connectivity index (χ1v) is 13.4. The maximum atomic E-state index is 13.4. The van der Waals surface area contributed by atoms with Crippen LogP contribution in [0.4, 0.5) is 5.69 Å². The molecule has 1 saturated heterocycles. The second kappa shape index (κ2) is 10.1. The number of amides is 1. The molecule has 1 spiro atoms. The smallest absolute Gasteiger partial charge is 0.256 e. The van der Waals surface area contributed by atoms with E-state index in [0.717, 1.165) is 10.0 Å². The van der Waals surface area contributed by atoms with Crippen LogP contribution >= 0.6 is 31.9 Å². The molecule has 1 fully saturated rings. The first kappa shape index (κ1) is 25.7. The van der Waals surface area contributed by atoms with Gasteiger partial charge in [0.15, 0.2) is 17.0 Å². The highest BCUT2D eigenvalue weighted by Crippen LogP contribution is 2.53. The number of carbonyl (C=O) groups excluding carboxylic acids is 1. The summed E-state index contributed by atoms with van der Waals surface area (Å²) in [5.74, 6) is 0.0778. The Morgan fingerprint density at radius 1 is 1.14 bits per heavy atom. The molecule has 1 N–H and O–H groups in total. The van der Waals surface area contributed by atoms with Gasteiger partial charge in [-0.25, -0.2) is 0 Å². The first-order chi connectivity index (χ1) is 17.8. The van der Waals surface area contributed by atoms with Crippen LogP contribution in [0.25, 0.3) is 0 Å². The van der Waals surface area contributed by atoms with E-state index in [0.29, 0.717) is 52.5 Å². The number of fused-ring (bicyclic) bond motifs is 2. The first-order valence-electron chi connectivity index (χ1n) is 11.9. The quantitative estimate of drug-likeness (QED) is 0.265. The average molecular weight is 631 g/mol. The molecule has 5 rings (SSSR count). The molecule has 0 aromatic heterocycles. The van der Waals surface area contributed by atoms with Gasteiger partial charge in [-0.15, -0.1) is 0 Å². The molecule has 2 heterocycles. The molecule has 0 saturated carbocycles. The SMILES string of the molecule is CCOc1cc([C@@H]2CN(C)[C@]3(C(=O)Nc4ccccc43)[C@@H]2[N+](=O)[O-])cc(Br)c1OCc1ccc(Br)cc1. The van der Waals surface area contributed by atoms with Crippen LogP contribution in [0.1, 0.15) is 29.5 Å². The molecule has 37 heavy (non-hydrogen) atoms. The molecule has 0 aliphatic carbocycles. The van der Waals surface area contributed by atoms with Gasteiger partial charge in [0.25, 0.3) is 11.9 Å². The summed E-state index contributed by atoms with van der Waals surface area (Å²) in [4.78, 5) is 27.5. The van der Waals surface area contributed by atoms with Crippen molar-refractivity contribution >= 4 is 43.5 Å². The van der Waals surface area contributed by atoms with Crippen molar-refractivity contribution in [2.24, 2.45) is 0 Å². The molecule has 3 aromatic carbocycles. The Hall–Kier alpha value is -2.95. The predicted molar refractivity (Wildman–Crippen MR) is 147 cm³/mol. The van der Waals surface area contributed by atoms with Crippen LogP contribution in [0.2, 0.25) is 0 Å². The summed E-state index contributed by atoms with van der Waals surface area (Å²) in [5.41, 5.74) is 1.53. The zero-order valence-electron chi connectivity index (χ0n) is 20.2. The number of hydrogen-bond acceptors (Lipinski definition) is 6. The third-order valence-corrected chi connectivity index (χ3v) is 8.21. The minimum absolute atomic E-state index is 0.317. The Morgan fingerprint density at radius 3 is 2.57 bits per heavy atom. The number of likely N-dealkylation sites (tertiary alicyclic amines) is 1. The van der Waals surface area contributed by atoms with E-state index in [1.54, 1.807) is 36.2 Å². The lowest BCUT2D eigenvalue weighted by molar-refractivity contribution is -0.534. The number of ether oxygens (including phenoxy) is 2. The van der Waals surface area contributed by atoms with Crippen LogP contribution in [-0.4, -0.2) is 42.0 Å². The van der Waals surface area contributed by atoms with Gasteiger partial charge >= 0.3 is 0 Å². The van der Waals surface area contributed by atoms with Crippen molar-refractivity contribution in [2.75, 3.05) is 25.5 Å². The molecule has 2 aliphatic heterocycles. The molecule has 2 aliphatic rings. The Balaban J connectivity index is 1.53. The number of anilines is 1. The lowest BCUT2D eigenvalue weighted by atomic mass is 9.79. The van der Waals surface area contributed by atoms with Crippen LogP contribution < -0.4 is 14.8 Å². The van der Waals surface area contributed by atoms with Crippen LogP contribution in [0.15, 0.2) is 69.6 Å². The van der Waals surface area contributed by atoms with Gasteiger partial charge < -0.3 is 14.8 Å². The fraction of sp³-hybridized carbons (Fsp3) is 0.296. The second-order valence-electron chi connectivity index (χ2n) is 9.16. The van der Waals surface area contributed by atoms with Crippen molar-refractivity contribution in [1.29, 1.82) is 0 Å². The number of hydrogen-bond donors (Lipinski definition) is 1. The highest BCUT2D eigenvalue weighted by Gasteiger charge is 2.68. The summed E-state index contributed by atoms with van der Waals surface area (Å²) in [6.45, 7) is 2.92. The zero-order chi connectivity index (χ0) is 26.3. The predicted octanol–water partition coefficient (Wildman–Crippen LogP) is 5.71. The highest BCUT2D eigenvalue weighted by atomic mass is 79.9. The van der Waals surface area contributed by atoms with Crippen molar-refractivity contribution in [3.8, 4) is 11.5 Å². The monoisotopic (exact) mass is 629 g/mol. The largest absolute Gasteiger partial charge is 0.490 e. The third-order valence-electron chi connectivity index (χ3n) is 7.10. The molecule has 3 atom stereocenters.